The predicted octanol–water partition coefficient (Wildman–Crippen LogP) is 0.364. The van der Waals surface area contributed by atoms with Gasteiger partial charge in [0.2, 0.25) is 5.91 Å². The van der Waals surface area contributed by atoms with Crippen LogP contribution in [-0.2, 0) is 4.79 Å². The zero-order chi connectivity index (χ0) is 11.4. The zero-order valence-electron chi connectivity index (χ0n) is 8.97. The summed E-state index contributed by atoms with van der Waals surface area (Å²) < 4.78 is 0. The molecule has 0 aliphatic heterocycles. The van der Waals surface area contributed by atoms with Crippen LogP contribution in [0, 0.1) is 0 Å². The molecular weight excluding hydrogens is 192 g/mol. The van der Waals surface area contributed by atoms with E-state index in [0.717, 1.165) is 0 Å². The summed E-state index contributed by atoms with van der Waals surface area (Å²) in [6.07, 6.45) is 1.64. The minimum absolute atomic E-state index is 0.120. The van der Waals surface area contributed by atoms with E-state index in [4.69, 9.17) is 11.5 Å². The lowest BCUT2D eigenvalue weighted by Gasteiger charge is -2.27. The minimum atomic E-state index is -0.395. The maximum absolute atomic E-state index is 10.9. The number of nitrogen functional groups attached to an aromatic ring is 1. The Balaban J connectivity index is 2.99. The topological polar surface area (TPSA) is 85.2 Å². The van der Waals surface area contributed by atoms with Crippen molar-refractivity contribution in [3.05, 3.63) is 18.3 Å². The Hall–Kier alpha value is -1.78. The highest BCUT2D eigenvalue weighted by atomic mass is 16.1. The molecule has 82 valence electrons. The van der Waals surface area contributed by atoms with Gasteiger partial charge in [0.15, 0.2) is 5.82 Å². The summed E-state index contributed by atoms with van der Waals surface area (Å²) in [5.41, 5.74) is 11.5. The van der Waals surface area contributed by atoms with Gasteiger partial charge in [0, 0.05) is 12.2 Å². The minimum Gasteiger partial charge on any atom is -0.396 e. The lowest BCUT2D eigenvalue weighted by Crippen LogP contribution is -2.39. The van der Waals surface area contributed by atoms with Crippen LogP contribution in [0.3, 0.4) is 0 Å². The number of carbonyl (C=O) groups is 1. The quantitative estimate of drug-likeness (QED) is 0.748. The smallest absolute Gasteiger partial charge is 0.237 e. The molecule has 1 amide bonds. The Morgan fingerprint density at radius 1 is 1.60 bits per heavy atom. The van der Waals surface area contributed by atoms with Gasteiger partial charge in [-0.3, -0.25) is 4.79 Å². The van der Waals surface area contributed by atoms with Crippen LogP contribution in [-0.4, -0.2) is 23.5 Å². The molecule has 0 aromatic carbocycles. The van der Waals surface area contributed by atoms with Crippen molar-refractivity contribution in [2.45, 2.75) is 19.9 Å². The number of amides is 1. The first-order chi connectivity index (χ1) is 7.02. The molecule has 0 aliphatic rings. The van der Waals surface area contributed by atoms with Gasteiger partial charge >= 0.3 is 0 Å². The molecule has 0 saturated carbocycles. The van der Waals surface area contributed by atoms with E-state index in [1.165, 1.54) is 0 Å². The fourth-order valence-electron chi connectivity index (χ4n) is 1.32. The summed E-state index contributed by atoms with van der Waals surface area (Å²) in [6, 6.07) is 3.62. The van der Waals surface area contributed by atoms with E-state index in [0.29, 0.717) is 11.5 Å². The number of rotatable bonds is 4. The zero-order valence-corrected chi connectivity index (χ0v) is 8.97. The molecule has 0 saturated heterocycles. The largest absolute Gasteiger partial charge is 0.396 e. The van der Waals surface area contributed by atoms with Crippen LogP contribution >= 0.6 is 0 Å². The van der Waals surface area contributed by atoms with Crippen molar-refractivity contribution in [2.75, 3.05) is 17.2 Å². The first-order valence-corrected chi connectivity index (χ1v) is 4.77. The van der Waals surface area contributed by atoms with Crippen molar-refractivity contribution < 1.29 is 4.79 Å². The normalized spacial score (nSPS) is 10.3. The van der Waals surface area contributed by atoms with Crippen LogP contribution in [0.2, 0.25) is 0 Å². The molecule has 4 N–H and O–H groups in total. The van der Waals surface area contributed by atoms with E-state index >= 15 is 0 Å². The van der Waals surface area contributed by atoms with Crippen LogP contribution < -0.4 is 16.4 Å². The van der Waals surface area contributed by atoms with Gasteiger partial charge in [-0.15, -0.1) is 0 Å². The Morgan fingerprint density at radius 2 is 2.27 bits per heavy atom. The van der Waals surface area contributed by atoms with Gasteiger partial charge in [0.25, 0.3) is 0 Å². The highest BCUT2D eigenvalue weighted by Crippen LogP contribution is 2.20. The van der Waals surface area contributed by atoms with Gasteiger partial charge in [0.05, 0.1) is 12.2 Å². The van der Waals surface area contributed by atoms with Crippen molar-refractivity contribution in [2.24, 2.45) is 5.73 Å². The highest BCUT2D eigenvalue weighted by molar-refractivity contribution is 5.80. The van der Waals surface area contributed by atoms with E-state index in [1.54, 1.807) is 23.2 Å². The standard InChI is InChI=1S/C10H16N4O/c1-7(2)14(6-9(12)15)10-8(11)4-3-5-13-10/h3-5,7H,6,11H2,1-2H3,(H2,12,15). The first-order valence-electron chi connectivity index (χ1n) is 4.77. The number of hydrogen-bond acceptors (Lipinski definition) is 4. The number of nitrogens with two attached hydrogens (primary N) is 2. The van der Waals surface area contributed by atoms with Gasteiger partial charge in [0.1, 0.15) is 0 Å². The molecule has 0 bridgehead atoms. The third kappa shape index (κ3) is 2.83. The fourth-order valence-corrected chi connectivity index (χ4v) is 1.32. The third-order valence-corrected chi connectivity index (χ3v) is 2.04. The van der Waals surface area contributed by atoms with E-state index in [2.05, 4.69) is 4.98 Å². The molecule has 0 spiro atoms. The summed E-state index contributed by atoms with van der Waals surface area (Å²) in [5.74, 6) is 0.208. The SMILES string of the molecule is CC(C)N(CC(N)=O)c1ncccc1N. The van der Waals surface area contributed by atoms with Crippen LogP contribution in [0.1, 0.15) is 13.8 Å². The molecular formula is C10H16N4O. The molecule has 1 heterocycles. The summed E-state index contributed by atoms with van der Waals surface area (Å²) in [4.78, 5) is 16.8. The lowest BCUT2D eigenvalue weighted by molar-refractivity contribution is -0.116. The van der Waals surface area contributed by atoms with Crippen molar-refractivity contribution in [1.82, 2.24) is 4.98 Å². The summed E-state index contributed by atoms with van der Waals surface area (Å²) in [5, 5.41) is 0. The number of anilines is 2. The third-order valence-electron chi connectivity index (χ3n) is 2.04. The molecule has 1 aromatic heterocycles. The van der Waals surface area contributed by atoms with Crippen LogP contribution in [0.4, 0.5) is 11.5 Å². The second kappa shape index (κ2) is 4.63. The molecule has 1 rings (SSSR count). The van der Waals surface area contributed by atoms with Gasteiger partial charge in [-0.05, 0) is 26.0 Å². The number of pyridine rings is 1. The van der Waals surface area contributed by atoms with Gasteiger partial charge in [-0.25, -0.2) is 4.98 Å². The maximum atomic E-state index is 10.9. The molecule has 15 heavy (non-hydrogen) atoms. The Bertz CT molecular complexity index is 351. The van der Waals surface area contributed by atoms with Gasteiger partial charge in [-0.2, -0.15) is 0 Å². The summed E-state index contributed by atoms with van der Waals surface area (Å²) in [6.45, 7) is 4.03. The van der Waals surface area contributed by atoms with Crippen molar-refractivity contribution in [1.29, 1.82) is 0 Å². The number of aromatic nitrogens is 1. The van der Waals surface area contributed by atoms with Gasteiger partial charge < -0.3 is 16.4 Å². The summed E-state index contributed by atoms with van der Waals surface area (Å²) >= 11 is 0. The fraction of sp³-hybridized carbons (Fsp3) is 0.400. The van der Waals surface area contributed by atoms with Crippen molar-refractivity contribution in [3.8, 4) is 0 Å². The Kier molecular flexibility index (Phi) is 3.49. The second-order valence-electron chi connectivity index (χ2n) is 3.60. The lowest BCUT2D eigenvalue weighted by atomic mass is 10.2. The van der Waals surface area contributed by atoms with Crippen LogP contribution in [0.15, 0.2) is 18.3 Å². The van der Waals surface area contributed by atoms with E-state index in [9.17, 15) is 4.79 Å². The van der Waals surface area contributed by atoms with E-state index in [1.807, 2.05) is 13.8 Å². The number of carbonyl (C=O) groups excluding carboxylic acids is 1. The van der Waals surface area contributed by atoms with E-state index < -0.39 is 5.91 Å². The van der Waals surface area contributed by atoms with Crippen molar-refractivity contribution in [3.63, 3.8) is 0 Å². The summed E-state index contributed by atoms with van der Waals surface area (Å²) in [7, 11) is 0. The second-order valence-corrected chi connectivity index (χ2v) is 3.60. The highest BCUT2D eigenvalue weighted by Gasteiger charge is 2.16. The average Bonchev–Trinajstić information content (AvgIpc) is 2.15. The Labute approximate surface area is 89.1 Å². The molecule has 0 unspecified atom stereocenters. The van der Waals surface area contributed by atoms with Crippen LogP contribution in [0.25, 0.3) is 0 Å². The predicted molar refractivity (Wildman–Crippen MR) is 60.3 cm³/mol. The molecule has 1 aromatic rings. The number of primary amides is 1. The molecule has 0 fully saturated rings. The van der Waals surface area contributed by atoms with E-state index in [-0.39, 0.29) is 12.6 Å². The maximum Gasteiger partial charge on any atom is 0.237 e. The van der Waals surface area contributed by atoms with Gasteiger partial charge in [-0.1, -0.05) is 0 Å². The molecule has 0 atom stereocenters. The molecule has 0 aliphatic carbocycles. The molecule has 5 heteroatoms. The average molecular weight is 208 g/mol. The Morgan fingerprint density at radius 3 is 2.73 bits per heavy atom. The molecule has 0 radical (unpaired) electrons. The van der Waals surface area contributed by atoms with Crippen LogP contribution in [0.5, 0.6) is 0 Å². The number of nitrogens with zero attached hydrogens (tertiary/aromatic N) is 2. The number of hydrogen-bond donors (Lipinski definition) is 2. The van der Waals surface area contributed by atoms with Crippen molar-refractivity contribution >= 4 is 17.4 Å². The first kappa shape index (κ1) is 11.3. The monoisotopic (exact) mass is 208 g/mol. The molecule has 5 nitrogen and oxygen atoms in total.